The summed E-state index contributed by atoms with van der Waals surface area (Å²) in [7, 11) is -3.41. The Hall–Kier alpha value is -1.66. The lowest BCUT2D eigenvalue weighted by atomic mass is 9.87. The third-order valence-corrected chi connectivity index (χ3v) is 6.78. The number of benzene rings is 1. The lowest BCUT2D eigenvalue weighted by Gasteiger charge is -2.42. The lowest BCUT2D eigenvalue weighted by Crippen LogP contribution is -2.48. The average molecular weight is 363 g/mol. The van der Waals surface area contributed by atoms with Crippen molar-refractivity contribution in [2.24, 2.45) is 0 Å². The van der Waals surface area contributed by atoms with Gasteiger partial charge in [-0.05, 0) is 38.3 Å². The standard InChI is InChI=1S/C19H25NO4S/c1-16-7-13-24-19(15-16)9-11-20(12-10-19)18(21)8-14-25(22,23)17-5-3-2-4-6-17/h2-6,15H,7-14H2,1H3. The molecule has 0 bridgehead atoms. The molecule has 1 fully saturated rings. The van der Waals surface area contributed by atoms with E-state index in [-0.39, 0.29) is 28.6 Å². The second kappa shape index (κ2) is 7.30. The maximum Gasteiger partial charge on any atom is 0.223 e. The fraction of sp³-hybridized carbons (Fsp3) is 0.526. The molecule has 0 unspecified atom stereocenters. The largest absolute Gasteiger partial charge is 0.370 e. The summed E-state index contributed by atoms with van der Waals surface area (Å²) in [6.07, 6.45) is 4.77. The number of sulfone groups is 1. The number of likely N-dealkylation sites (tertiary alicyclic amines) is 1. The van der Waals surface area contributed by atoms with E-state index in [1.54, 1.807) is 35.2 Å². The van der Waals surface area contributed by atoms with Crippen LogP contribution in [0.3, 0.4) is 0 Å². The molecule has 1 amide bonds. The van der Waals surface area contributed by atoms with Gasteiger partial charge >= 0.3 is 0 Å². The third-order valence-electron chi connectivity index (χ3n) is 5.04. The van der Waals surface area contributed by atoms with Gasteiger partial charge in [0.25, 0.3) is 0 Å². The summed E-state index contributed by atoms with van der Waals surface area (Å²) in [6, 6.07) is 8.30. The molecule has 2 aliphatic rings. The van der Waals surface area contributed by atoms with E-state index in [0.717, 1.165) is 25.9 Å². The number of rotatable bonds is 4. The Morgan fingerprint density at radius 2 is 1.88 bits per heavy atom. The van der Waals surface area contributed by atoms with Gasteiger partial charge in [0.05, 0.1) is 22.9 Å². The Morgan fingerprint density at radius 1 is 1.20 bits per heavy atom. The minimum atomic E-state index is -3.41. The van der Waals surface area contributed by atoms with E-state index in [9.17, 15) is 13.2 Å². The summed E-state index contributed by atoms with van der Waals surface area (Å²) < 4.78 is 30.6. The monoisotopic (exact) mass is 363 g/mol. The molecule has 1 aromatic carbocycles. The van der Waals surface area contributed by atoms with E-state index in [1.165, 1.54) is 5.57 Å². The van der Waals surface area contributed by atoms with Crippen LogP contribution >= 0.6 is 0 Å². The van der Waals surface area contributed by atoms with Gasteiger partial charge in [-0.1, -0.05) is 29.8 Å². The first-order chi connectivity index (χ1) is 11.9. The van der Waals surface area contributed by atoms with Crippen LogP contribution in [0.4, 0.5) is 0 Å². The highest BCUT2D eigenvalue weighted by Gasteiger charge is 2.36. The van der Waals surface area contributed by atoms with Gasteiger partial charge in [-0.2, -0.15) is 0 Å². The molecule has 136 valence electrons. The predicted molar refractivity (Wildman–Crippen MR) is 96.0 cm³/mol. The van der Waals surface area contributed by atoms with Crippen LogP contribution in [0.2, 0.25) is 0 Å². The van der Waals surface area contributed by atoms with E-state index >= 15 is 0 Å². The zero-order valence-corrected chi connectivity index (χ0v) is 15.4. The summed E-state index contributed by atoms with van der Waals surface area (Å²) in [5.74, 6) is -0.238. The number of nitrogens with zero attached hydrogens (tertiary/aromatic N) is 1. The summed E-state index contributed by atoms with van der Waals surface area (Å²) in [5.41, 5.74) is 1.12. The van der Waals surface area contributed by atoms with Crippen molar-refractivity contribution < 1.29 is 17.9 Å². The molecule has 3 rings (SSSR count). The van der Waals surface area contributed by atoms with Crippen molar-refractivity contribution in [3.05, 3.63) is 42.0 Å². The van der Waals surface area contributed by atoms with Crippen LogP contribution in [0, 0.1) is 0 Å². The van der Waals surface area contributed by atoms with E-state index in [0.29, 0.717) is 13.1 Å². The van der Waals surface area contributed by atoms with Crippen LogP contribution in [0.15, 0.2) is 46.9 Å². The van der Waals surface area contributed by atoms with Crippen molar-refractivity contribution in [2.45, 2.75) is 43.1 Å². The number of piperidine rings is 1. The Morgan fingerprint density at radius 3 is 2.52 bits per heavy atom. The van der Waals surface area contributed by atoms with Gasteiger partial charge in [0, 0.05) is 19.5 Å². The molecule has 0 atom stereocenters. The van der Waals surface area contributed by atoms with Crippen LogP contribution < -0.4 is 0 Å². The average Bonchev–Trinajstić information content (AvgIpc) is 2.61. The minimum absolute atomic E-state index is 0.0277. The molecule has 0 N–H and O–H groups in total. The maximum atomic E-state index is 12.4. The van der Waals surface area contributed by atoms with Crippen molar-refractivity contribution in [3.8, 4) is 0 Å². The van der Waals surface area contributed by atoms with Crippen LogP contribution in [0.1, 0.15) is 32.6 Å². The van der Waals surface area contributed by atoms with E-state index in [1.807, 2.05) is 0 Å². The number of amides is 1. The molecule has 1 spiro atoms. The normalized spacial score (nSPS) is 20.4. The van der Waals surface area contributed by atoms with Crippen molar-refractivity contribution in [3.63, 3.8) is 0 Å². The Labute approximate surface area is 149 Å². The highest BCUT2D eigenvalue weighted by molar-refractivity contribution is 7.91. The number of hydrogen-bond donors (Lipinski definition) is 0. The van der Waals surface area contributed by atoms with Gasteiger partial charge in [0.1, 0.15) is 0 Å². The van der Waals surface area contributed by atoms with Crippen molar-refractivity contribution in [1.82, 2.24) is 4.90 Å². The highest BCUT2D eigenvalue weighted by atomic mass is 32.2. The minimum Gasteiger partial charge on any atom is -0.370 e. The first-order valence-electron chi connectivity index (χ1n) is 8.78. The Bertz CT molecular complexity index is 747. The first-order valence-corrected chi connectivity index (χ1v) is 10.4. The van der Waals surface area contributed by atoms with Crippen LogP contribution in [0.25, 0.3) is 0 Å². The van der Waals surface area contributed by atoms with Gasteiger partial charge in [-0.3, -0.25) is 4.79 Å². The van der Waals surface area contributed by atoms with Crippen LogP contribution in [-0.2, 0) is 19.4 Å². The van der Waals surface area contributed by atoms with Gasteiger partial charge in [-0.15, -0.1) is 0 Å². The maximum absolute atomic E-state index is 12.4. The summed E-state index contributed by atoms with van der Waals surface area (Å²) in [6.45, 7) is 4.10. The molecule has 0 aliphatic carbocycles. The number of hydrogen-bond acceptors (Lipinski definition) is 4. The quantitative estimate of drug-likeness (QED) is 0.772. The molecule has 1 saturated heterocycles. The predicted octanol–water partition coefficient (Wildman–Crippen LogP) is 2.58. The second-order valence-electron chi connectivity index (χ2n) is 6.92. The van der Waals surface area contributed by atoms with Gasteiger partial charge in [0.15, 0.2) is 9.84 Å². The zero-order chi connectivity index (χ0) is 17.9. The zero-order valence-electron chi connectivity index (χ0n) is 14.6. The molecular weight excluding hydrogens is 338 g/mol. The molecule has 25 heavy (non-hydrogen) atoms. The molecule has 2 heterocycles. The van der Waals surface area contributed by atoms with Crippen molar-refractivity contribution >= 4 is 15.7 Å². The molecule has 6 heteroatoms. The molecule has 5 nitrogen and oxygen atoms in total. The molecule has 0 saturated carbocycles. The number of ether oxygens (including phenoxy) is 1. The third kappa shape index (κ3) is 4.30. The fourth-order valence-corrected chi connectivity index (χ4v) is 4.78. The summed E-state index contributed by atoms with van der Waals surface area (Å²) in [5, 5.41) is 0. The van der Waals surface area contributed by atoms with Gasteiger partial charge in [0.2, 0.25) is 5.91 Å². The van der Waals surface area contributed by atoms with Crippen LogP contribution in [-0.4, -0.2) is 50.3 Å². The molecule has 1 aromatic rings. The van der Waals surface area contributed by atoms with E-state index in [4.69, 9.17) is 4.74 Å². The first kappa shape index (κ1) is 18.1. The molecule has 0 radical (unpaired) electrons. The molecule has 2 aliphatic heterocycles. The number of carbonyl (C=O) groups excluding carboxylic acids is 1. The Balaban J connectivity index is 1.54. The highest BCUT2D eigenvalue weighted by Crippen LogP contribution is 2.33. The van der Waals surface area contributed by atoms with Crippen molar-refractivity contribution in [2.75, 3.05) is 25.4 Å². The van der Waals surface area contributed by atoms with Gasteiger partial charge in [-0.25, -0.2) is 8.42 Å². The molecular formula is C19H25NO4S. The summed E-state index contributed by atoms with van der Waals surface area (Å²) in [4.78, 5) is 14.5. The smallest absolute Gasteiger partial charge is 0.223 e. The lowest BCUT2D eigenvalue weighted by molar-refractivity contribution is -0.135. The van der Waals surface area contributed by atoms with Gasteiger partial charge < -0.3 is 9.64 Å². The Kier molecular flexibility index (Phi) is 5.29. The fourth-order valence-electron chi connectivity index (χ4n) is 3.53. The number of carbonyl (C=O) groups is 1. The van der Waals surface area contributed by atoms with Crippen molar-refractivity contribution in [1.29, 1.82) is 0 Å². The van der Waals surface area contributed by atoms with E-state index < -0.39 is 9.84 Å². The molecule has 0 aromatic heterocycles. The van der Waals surface area contributed by atoms with E-state index in [2.05, 4.69) is 13.0 Å². The topological polar surface area (TPSA) is 63.7 Å². The van der Waals surface area contributed by atoms with Crippen LogP contribution in [0.5, 0.6) is 0 Å². The SMILES string of the molecule is CC1=CC2(CCN(C(=O)CCS(=O)(=O)c3ccccc3)CC2)OCC1. The second-order valence-corrected chi connectivity index (χ2v) is 9.03. The summed E-state index contributed by atoms with van der Waals surface area (Å²) >= 11 is 0.